The van der Waals surface area contributed by atoms with E-state index in [0.29, 0.717) is 22.1 Å². The third kappa shape index (κ3) is 5.37. The fourth-order valence-electron chi connectivity index (χ4n) is 2.68. The highest BCUT2D eigenvalue weighted by Crippen LogP contribution is 2.30. The first-order chi connectivity index (χ1) is 12.6. The fraction of sp³-hybridized carbons (Fsp3) is 0.316. The summed E-state index contributed by atoms with van der Waals surface area (Å²) in [6.07, 6.45) is 1.08. The SMILES string of the molecule is COc1ccc(Cl)cc1NC(=O)CN(c1ccccc1C(C)C)S(C)(=O)=O. The van der Waals surface area contributed by atoms with Gasteiger partial charge in [0.05, 0.1) is 24.7 Å². The van der Waals surface area contributed by atoms with Crippen molar-refractivity contribution in [2.75, 3.05) is 29.5 Å². The minimum absolute atomic E-state index is 0.0986. The summed E-state index contributed by atoms with van der Waals surface area (Å²) in [4.78, 5) is 12.6. The Kier molecular flexibility index (Phi) is 6.73. The zero-order chi connectivity index (χ0) is 20.2. The Morgan fingerprint density at radius 3 is 2.48 bits per heavy atom. The van der Waals surface area contributed by atoms with Crippen LogP contribution in [0.15, 0.2) is 42.5 Å². The highest BCUT2D eigenvalue weighted by molar-refractivity contribution is 7.92. The summed E-state index contributed by atoms with van der Waals surface area (Å²) in [6.45, 7) is 3.57. The number of anilines is 2. The van der Waals surface area contributed by atoms with Gasteiger partial charge in [-0.05, 0) is 35.7 Å². The van der Waals surface area contributed by atoms with Crippen LogP contribution in [-0.4, -0.2) is 34.2 Å². The van der Waals surface area contributed by atoms with Gasteiger partial charge < -0.3 is 10.1 Å². The standard InChI is InChI=1S/C19H23ClN2O4S/c1-13(2)15-7-5-6-8-17(15)22(27(4,24)25)12-19(23)21-16-11-14(20)9-10-18(16)26-3/h5-11,13H,12H2,1-4H3,(H,21,23). The number of hydrogen-bond acceptors (Lipinski definition) is 4. The second kappa shape index (κ2) is 8.63. The molecule has 27 heavy (non-hydrogen) atoms. The number of methoxy groups -OCH3 is 1. The fourth-order valence-corrected chi connectivity index (χ4v) is 3.73. The molecule has 0 aliphatic rings. The maximum Gasteiger partial charge on any atom is 0.245 e. The molecule has 2 rings (SSSR count). The molecule has 1 N–H and O–H groups in total. The van der Waals surface area contributed by atoms with Gasteiger partial charge in [-0.25, -0.2) is 8.42 Å². The molecule has 0 heterocycles. The van der Waals surface area contributed by atoms with E-state index in [1.54, 1.807) is 30.3 Å². The van der Waals surface area contributed by atoms with Crippen molar-refractivity contribution >= 4 is 38.9 Å². The first-order valence-electron chi connectivity index (χ1n) is 8.33. The second-order valence-corrected chi connectivity index (χ2v) is 8.72. The highest BCUT2D eigenvalue weighted by atomic mass is 35.5. The molecule has 0 saturated heterocycles. The quantitative estimate of drug-likeness (QED) is 0.751. The Hall–Kier alpha value is -2.25. The molecule has 0 radical (unpaired) electrons. The van der Waals surface area contributed by atoms with Gasteiger partial charge in [0, 0.05) is 5.02 Å². The molecule has 0 atom stereocenters. The van der Waals surface area contributed by atoms with E-state index in [2.05, 4.69) is 5.32 Å². The van der Waals surface area contributed by atoms with Gasteiger partial charge in [0.15, 0.2) is 0 Å². The third-order valence-electron chi connectivity index (χ3n) is 3.95. The molecule has 0 aromatic heterocycles. The molecule has 0 aliphatic heterocycles. The first-order valence-corrected chi connectivity index (χ1v) is 10.6. The molecule has 6 nitrogen and oxygen atoms in total. The smallest absolute Gasteiger partial charge is 0.245 e. The molecule has 2 aromatic rings. The van der Waals surface area contributed by atoms with E-state index in [4.69, 9.17) is 16.3 Å². The number of amides is 1. The number of nitrogens with zero attached hydrogens (tertiary/aromatic N) is 1. The van der Waals surface area contributed by atoms with E-state index in [-0.39, 0.29) is 12.5 Å². The Bertz CT molecular complexity index is 929. The second-order valence-electron chi connectivity index (χ2n) is 6.38. The molecule has 2 aromatic carbocycles. The Labute approximate surface area is 165 Å². The average Bonchev–Trinajstić information content (AvgIpc) is 2.59. The number of benzene rings is 2. The van der Waals surface area contributed by atoms with Crippen molar-refractivity contribution in [2.24, 2.45) is 0 Å². The number of carbonyl (C=O) groups is 1. The normalized spacial score (nSPS) is 11.3. The molecule has 0 bridgehead atoms. The Morgan fingerprint density at radius 2 is 1.89 bits per heavy atom. The number of para-hydroxylation sites is 1. The Morgan fingerprint density at radius 1 is 1.22 bits per heavy atom. The monoisotopic (exact) mass is 410 g/mol. The minimum Gasteiger partial charge on any atom is -0.495 e. The number of ether oxygens (including phenoxy) is 1. The third-order valence-corrected chi connectivity index (χ3v) is 5.31. The van der Waals surface area contributed by atoms with Gasteiger partial charge in [0.1, 0.15) is 12.3 Å². The van der Waals surface area contributed by atoms with Crippen LogP contribution in [-0.2, 0) is 14.8 Å². The molecule has 0 aliphatic carbocycles. The van der Waals surface area contributed by atoms with E-state index in [1.807, 2.05) is 26.0 Å². The number of hydrogen-bond donors (Lipinski definition) is 1. The van der Waals surface area contributed by atoms with Gasteiger partial charge in [-0.15, -0.1) is 0 Å². The van der Waals surface area contributed by atoms with Gasteiger partial charge in [0.2, 0.25) is 15.9 Å². The highest BCUT2D eigenvalue weighted by Gasteiger charge is 2.24. The summed E-state index contributed by atoms with van der Waals surface area (Å²) in [5, 5.41) is 3.10. The molecular formula is C19H23ClN2O4S. The Balaban J connectivity index is 2.34. The van der Waals surface area contributed by atoms with E-state index < -0.39 is 15.9 Å². The molecule has 8 heteroatoms. The van der Waals surface area contributed by atoms with E-state index >= 15 is 0 Å². The zero-order valence-electron chi connectivity index (χ0n) is 15.7. The summed E-state index contributed by atoms with van der Waals surface area (Å²) in [6, 6.07) is 12.0. The molecule has 0 spiro atoms. The molecule has 146 valence electrons. The largest absolute Gasteiger partial charge is 0.495 e. The van der Waals surface area contributed by atoms with Crippen molar-refractivity contribution in [1.29, 1.82) is 0 Å². The summed E-state index contributed by atoms with van der Waals surface area (Å²) in [5.41, 5.74) is 1.71. The summed E-state index contributed by atoms with van der Waals surface area (Å²) >= 11 is 5.97. The lowest BCUT2D eigenvalue weighted by Gasteiger charge is -2.25. The van der Waals surface area contributed by atoms with Crippen molar-refractivity contribution in [2.45, 2.75) is 19.8 Å². The van der Waals surface area contributed by atoms with Crippen molar-refractivity contribution in [3.05, 3.63) is 53.1 Å². The van der Waals surface area contributed by atoms with E-state index in [9.17, 15) is 13.2 Å². The van der Waals surface area contributed by atoms with Crippen molar-refractivity contribution in [1.82, 2.24) is 0 Å². The predicted molar refractivity (Wildman–Crippen MR) is 109 cm³/mol. The molecular weight excluding hydrogens is 388 g/mol. The maximum atomic E-state index is 12.6. The summed E-state index contributed by atoms with van der Waals surface area (Å²) in [7, 11) is -2.20. The number of sulfonamides is 1. The van der Waals surface area contributed by atoms with Crippen LogP contribution in [0, 0.1) is 0 Å². The average molecular weight is 411 g/mol. The van der Waals surface area contributed by atoms with E-state index in [1.165, 1.54) is 7.11 Å². The first kappa shape index (κ1) is 21.1. The lowest BCUT2D eigenvalue weighted by molar-refractivity contribution is -0.114. The van der Waals surface area contributed by atoms with Gasteiger partial charge in [-0.3, -0.25) is 9.10 Å². The number of carbonyl (C=O) groups excluding carboxylic acids is 1. The van der Waals surface area contributed by atoms with Crippen molar-refractivity contribution < 1.29 is 17.9 Å². The van der Waals surface area contributed by atoms with Gasteiger partial charge in [-0.1, -0.05) is 43.6 Å². The van der Waals surface area contributed by atoms with Crippen LogP contribution in [0.5, 0.6) is 5.75 Å². The maximum absolute atomic E-state index is 12.6. The summed E-state index contributed by atoms with van der Waals surface area (Å²) < 4.78 is 31.1. The van der Waals surface area contributed by atoms with Crippen LogP contribution in [0.25, 0.3) is 0 Å². The number of halogens is 1. The van der Waals surface area contributed by atoms with Gasteiger partial charge >= 0.3 is 0 Å². The zero-order valence-corrected chi connectivity index (χ0v) is 17.3. The van der Waals surface area contributed by atoms with Crippen molar-refractivity contribution in [3.63, 3.8) is 0 Å². The number of nitrogens with one attached hydrogen (secondary N) is 1. The van der Waals surface area contributed by atoms with Crippen LogP contribution >= 0.6 is 11.6 Å². The number of rotatable bonds is 7. The van der Waals surface area contributed by atoms with Gasteiger partial charge in [-0.2, -0.15) is 0 Å². The minimum atomic E-state index is -3.67. The van der Waals surface area contributed by atoms with Crippen molar-refractivity contribution in [3.8, 4) is 5.75 Å². The molecule has 1 amide bonds. The van der Waals surface area contributed by atoms with E-state index in [0.717, 1.165) is 16.1 Å². The lowest BCUT2D eigenvalue weighted by atomic mass is 10.0. The van der Waals surface area contributed by atoms with Crippen LogP contribution < -0.4 is 14.4 Å². The van der Waals surface area contributed by atoms with Crippen LogP contribution in [0.3, 0.4) is 0 Å². The van der Waals surface area contributed by atoms with Gasteiger partial charge in [0.25, 0.3) is 0 Å². The topological polar surface area (TPSA) is 75.7 Å². The van der Waals surface area contributed by atoms with Crippen LogP contribution in [0.1, 0.15) is 25.3 Å². The predicted octanol–water partition coefficient (Wildman–Crippen LogP) is 3.88. The molecule has 0 unspecified atom stereocenters. The summed E-state index contributed by atoms with van der Waals surface area (Å²) in [5.74, 6) is 0.0299. The van der Waals surface area contributed by atoms with Crippen LogP contribution in [0.4, 0.5) is 11.4 Å². The lowest BCUT2D eigenvalue weighted by Crippen LogP contribution is -2.38. The molecule has 0 fully saturated rings. The molecule has 0 saturated carbocycles. The van der Waals surface area contributed by atoms with Crippen LogP contribution in [0.2, 0.25) is 5.02 Å².